The average Bonchev–Trinajstić information content (AvgIpc) is 2.94. The summed E-state index contributed by atoms with van der Waals surface area (Å²) in [6, 6.07) is 7.70. The number of amides is 1. The van der Waals surface area contributed by atoms with E-state index in [1.54, 1.807) is 19.3 Å². The molecule has 2 heterocycles. The summed E-state index contributed by atoms with van der Waals surface area (Å²) >= 11 is 1.47. The fourth-order valence-electron chi connectivity index (χ4n) is 1.84. The highest BCUT2D eigenvalue weighted by Crippen LogP contribution is 2.26. The number of nitrogens with zero attached hydrogens (tertiary/aromatic N) is 3. The van der Waals surface area contributed by atoms with Crippen molar-refractivity contribution in [3.63, 3.8) is 0 Å². The van der Waals surface area contributed by atoms with E-state index >= 15 is 0 Å². The number of carbonyl (C=O) groups is 1. The lowest BCUT2D eigenvalue weighted by atomic mass is 10.2. The molecule has 3 aromatic rings. The Kier molecular flexibility index (Phi) is 2.79. The molecule has 0 bridgehead atoms. The van der Waals surface area contributed by atoms with Crippen molar-refractivity contribution in [3.8, 4) is 0 Å². The summed E-state index contributed by atoms with van der Waals surface area (Å²) in [5.41, 5.74) is 2.59. The molecule has 3 rings (SSSR count). The molecule has 5 nitrogen and oxygen atoms in total. The van der Waals surface area contributed by atoms with E-state index in [0.29, 0.717) is 10.8 Å². The highest BCUT2D eigenvalue weighted by molar-refractivity contribution is 7.22. The molecule has 0 unspecified atom stereocenters. The molecule has 1 amide bonds. The summed E-state index contributed by atoms with van der Waals surface area (Å²) in [5, 5.41) is 7.38. The number of aromatic nitrogens is 3. The van der Waals surface area contributed by atoms with E-state index in [4.69, 9.17) is 0 Å². The van der Waals surface area contributed by atoms with Crippen molar-refractivity contribution in [3.05, 3.63) is 41.7 Å². The van der Waals surface area contributed by atoms with Gasteiger partial charge in [0.05, 0.1) is 10.2 Å². The average molecular weight is 272 g/mol. The highest BCUT2D eigenvalue weighted by atomic mass is 32.1. The molecule has 6 heteroatoms. The molecular weight excluding hydrogens is 260 g/mol. The summed E-state index contributed by atoms with van der Waals surface area (Å²) in [7, 11) is 1.73. The van der Waals surface area contributed by atoms with E-state index in [9.17, 15) is 4.79 Å². The summed E-state index contributed by atoms with van der Waals surface area (Å²) in [4.78, 5) is 16.4. The van der Waals surface area contributed by atoms with E-state index in [2.05, 4.69) is 21.5 Å². The molecule has 19 heavy (non-hydrogen) atoms. The Labute approximate surface area is 113 Å². The molecule has 0 atom stereocenters. The number of benzene rings is 1. The second-order valence-corrected chi connectivity index (χ2v) is 5.32. The van der Waals surface area contributed by atoms with Crippen molar-refractivity contribution in [2.75, 3.05) is 5.32 Å². The van der Waals surface area contributed by atoms with Gasteiger partial charge in [-0.2, -0.15) is 5.10 Å². The molecule has 0 saturated carbocycles. The Morgan fingerprint density at radius 3 is 2.95 bits per heavy atom. The number of carbonyl (C=O) groups excluding carboxylic acids is 1. The molecule has 0 aliphatic heterocycles. The predicted molar refractivity (Wildman–Crippen MR) is 75.5 cm³/mol. The number of anilines is 1. The van der Waals surface area contributed by atoms with Gasteiger partial charge in [-0.05, 0) is 30.7 Å². The maximum absolute atomic E-state index is 12.0. The van der Waals surface area contributed by atoms with Crippen molar-refractivity contribution in [2.24, 2.45) is 7.05 Å². The standard InChI is InChI=1S/C13H12N4OS/c1-8-3-4-9-11(7-8)19-13(15-9)16-12(18)10-5-6-14-17(10)2/h3-7H,1-2H3,(H,15,16,18). The maximum atomic E-state index is 12.0. The Morgan fingerprint density at radius 1 is 1.37 bits per heavy atom. The van der Waals surface area contributed by atoms with Crippen LogP contribution in [0.3, 0.4) is 0 Å². The summed E-state index contributed by atoms with van der Waals surface area (Å²) in [6.07, 6.45) is 1.59. The third-order valence-corrected chi connectivity index (χ3v) is 3.75. The lowest BCUT2D eigenvalue weighted by Gasteiger charge is -2.00. The van der Waals surface area contributed by atoms with Crippen LogP contribution in [-0.2, 0) is 7.05 Å². The fourth-order valence-corrected chi connectivity index (χ4v) is 2.80. The number of fused-ring (bicyclic) bond motifs is 1. The zero-order valence-corrected chi connectivity index (χ0v) is 11.4. The lowest BCUT2D eigenvalue weighted by Crippen LogP contribution is -2.15. The van der Waals surface area contributed by atoms with Crippen LogP contribution in [0.5, 0.6) is 0 Å². The Morgan fingerprint density at radius 2 is 2.21 bits per heavy atom. The first-order valence-electron chi connectivity index (χ1n) is 5.80. The molecule has 0 aliphatic rings. The van der Waals surface area contributed by atoms with E-state index < -0.39 is 0 Å². The molecule has 2 aromatic heterocycles. The SMILES string of the molecule is Cc1ccc2nc(NC(=O)c3ccnn3C)sc2c1. The van der Waals surface area contributed by atoms with Crippen LogP contribution in [0.15, 0.2) is 30.5 Å². The molecular formula is C13H12N4OS. The second-order valence-electron chi connectivity index (χ2n) is 4.28. The minimum Gasteiger partial charge on any atom is -0.296 e. The Bertz CT molecular complexity index is 759. The summed E-state index contributed by atoms with van der Waals surface area (Å²) < 4.78 is 2.60. The van der Waals surface area contributed by atoms with Crippen LogP contribution in [0.1, 0.15) is 16.1 Å². The van der Waals surface area contributed by atoms with Crippen molar-refractivity contribution in [1.29, 1.82) is 0 Å². The quantitative estimate of drug-likeness (QED) is 0.780. The van der Waals surface area contributed by atoms with Crippen LogP contribution in [0.25, 0.3) is 10.2 Å². The Hall–Kier alpha value is -2.21. The van der Waals surface area contributed by atoms with E-state index in [-0.39, 0.29) is 5.91 Å². The van der Waals surface area contributed by atoms with Crippen LogP contribution in [-0.4, -0.2) is 20.7 Å². The van der Waals surface area contributed by atoms with Crippen molar-refractivity contribution < 1.29 is 4.79 Å². The van der Waals surface area contributed by atoms with Crippen molar-refractivity contribution >= 4 is 32.6 Å². The third-order valence-electron chi connectivity index (χ3n) is 2.82. The molecule has 0 radical (unpaired) electrons. The molecule has 96 valence electrons. The molecule has 0 saturated heterocycles. The smallest absolute Gasteiger partial charge is 0.275 e. The number of hydrogen-bond donors (Lipinski definition) is 1. The van der Waals surface area contributed by atoms with Gasteiger partial charge >= 0.3 is 0 Å². The molecule has 0 spiro atoms. The zero-order chi connectivity index (χ0) is 13.4. The summed E-state index contributed by atoms with van der Waals surface area (Å²) in [5.74, 6) is -0.198. The number of thiazole rings is 1. The highest BCUT2D eigenvalue weighted by Gasteiger charge is 2.12. The van der Waals surface area contributed by atoms with Gasteiger partial charge in [-0.25, -0.2) is 4.98 Å². The van der Waals surface area contributed by atoms with Crippen LogP contribution in [0.4, 0.5) is 5.13 Å². The van der Waals surface area contributed by atoms with Gasteiger partial charge in [-0.1, -0.05) is 17.4 Å². The maximum Gasteiger partial charge on any atom is 0.275 e. The third kappa shape index (κ3) is 2.22. The topological polar surface area (TPSA) is 59.8 Å². The normalized spacial score (nSPS) is 10.8. The van der Waals surface area contributed by atoms with Crippen molar-refractivity contribution in [1.82, 2.24) is 14.8 Å². The second kappa shape index (κ2) is 4.47. The molecule has 0 aliphatic carbocycles. The molecule has 1 aromatic carbocycles. The van der Waals surface area contributed by atoms with Gasteiger partial charge < -0.3 is 0 Å². The first kappa shape index (κ1) is 11.9. The minimum absolute atomic E-state index is 0.198. The van der Waals surface area contributed by atoms with Gasteiger partial charge in [0.25, 0.3) is 5.91 Å². The van der Waals surface area contributed by atoms with Crippen LogP contribution < -0.4 is 5.32 Å². The number of aryl methyl sites for hydroxylation is 2. The van der Waals surface area contributed by atoms with Gasteiger partial charge in [-0.3, -0.25) is 14.8 Å². The monoisotopic (exact) mass is 272 g/mol. The first-order chi connectivity index (χ1) is 9.13. The lowest BCUT2D eigenvalue weighted by molar-refractivity contribution is 0.101. The minimum atomic E-state index is -0.198. The molecule has 0 fully saturated rings. The van der Waals surface area contributed by atoms with E-state index in [0.717, 1.165) is 10.2 Å². The van der Waals surface area contributed by atoms with Crippen LogP contribution in [0, 0.1) is 6.92 Å². The van der Waals surface area contributed by atoms with Crippen LogP contribution >= 0.6 is 11.3 Å². The number of nitrogens with one attached hydrogen (secondary N) is 1. The first-order valence-corrected chi connectivity index (χ1v) is 6.62. The van der Waals surface area contributed by atoms with Gasteiger partial charge in [-0.15, -0.1) is 0 Å². The summed E-state index contributed by atoms with van der Waals surface area (Å²) in [6.45, 7) is 2.03. The molecule has 1 N–H and O–H groups in total. The van der Waals surface area contributed by atoms with E-state index in [1.165, 1.54) is 21.6 Å². The fraction of sp³-hybridized carbons (Fsp3) is 0.154. The van der Waals surface area contributed by atoms with Gasteiger partial charge in [0, 0.05) is 13.2 Å². The Balaban J connectivity index is 1.89. The van der Waals surface area contributed by atoms with Gasteiger partial charge in [0.15, 0.2) is 5.13 Å². The van der Waals surface area contributed by atoms with Gasteiger partial charge in [0.1, 0.15) is 5.69 Å². The van der Waals surface area contributed by atoms with Gasteiger partial charge in [0.2, 0.25) is 0 Å². The van der Waals surface area contributed by atoms with E-state index in [1.807, 2.05) is 19.1 Å². The largest absolute Gasteiger partial charge is 0.296 e. The van der Waals surface area contributed by atoms with Crippen LogP contribution in [0.2, 0.25) is 0 Å². The zero-order valence-electron chi connectivity index (χ0n) is 10.5. The number of hydrogen-bond acceptors (Lipinski definition) is 4. The predicted octanol–water partition coefficient (Wildman–Crippen LogP) is 2.59. The number of rotatable bonds is 2. The van der Waals surface area contributed by atoms with Crippen molar-refractivity contribution in [2.45, 2.75) is 6.92 Å².